The van der Waals surface area contributed by atoms with E-state index in [0.29, 0.717) is 57.3 Å². The Kier molecular flexibility index (Phi) is 9.84. The lowest BCUT2D eigenvalue weighted by Crippen LogP contribution is -2.48. The van der Waals surface area contributed by atoms with Crippen LogP contribution in [0.3, 0.4) is 0 Å². The number of hydrogen-bond donors (Lipinski definition) is 1. The van der Waals surface area contributed by atoms with Gasteiger partial charge in [0, 0.05) is 34.3 Å². The molecule has 5 heterocycles. The van der Waals surface area contributed by atoms with Crippen LogP contribution in [0.2, 0.25) is 18.6 Å². The Bertz CT molecular complexity index is 3110. The van der Waals surface area contributed by atoms with Crippen molar-refractivity contribution in [1.29, 1.82) is 0 Å². The molecular weight excluding hydrogens is 816 g/mol. The van der Waals surface area contributed by atoms with E-state index in [9.17, 15) is 19.5 Å². The summed E-state index contributed by atoms with van der Waals surface area (Å²) in [7, 11) is -3.70. The largest absolute Gasteiger partial charge is 0.394 e. The fraction of sp³-hybridized carbons (Fsp3) is 0.265. The predicted molar refractivity (Wildman–Crippen MR) is 240 cm³/mol. The molecule has 0 aliphatic carbocycles. The Morgan fingerprint density at radius 1 is 0.810 bits per heavy atom. The highest BCUT2D eigenvalue weighted by molar-refractivity contribution is 6.72. The van der Waals surface area contributed by atoms with Crippen molar-refractivity contribution >= 4 is 47.5 Å². The second-order valence-corrected chi connectivity index (χ2v) is 21.3. The summed E-state index contributed by atoms with van der Waals surface area (Å²) in [6.07, 6.45) is 2.56. The number of ether oxygens (including phenoxy) is 1. The number of amides is 2. The van der Waals surface area contributed by atoms with Crippen LogP contribution in [0.1, 0.15) is 35.6 Å². The molecule has 12 nitrogen and oxygen atoms in total. The molecule has 0 saturated carbocycles. The summed E-state index contributed by atoms with van der Waals surface area (Å²) in [6, 6.07) is 34.2. The number of carbonyl (C=O) groups excluding carboxylic acids is 2. The summed E-state index contributed by atoms with van der Waals surface area (Å²) in [5.74, 6) is -1.46. The molecule has 3 aliphatic heterocycles. The van der Waals surface area contributed by atoms with Gasteiger partial charge in [-0.15, -0.1) is 0 Å². The zero-order valence-corrected chi connectivity index (χ0v) is 36.0. The van der Waals surface area contributed by atoms with Gasteiger partial charge in [0.2, 0.25) is 14.3 Å². The van der Waals surface area contributed by atoms with E-state index >= 15 is 8.90 Å². The minimum absolute atomic E-state index is 0.0590. The second-order valence-electron chi connectivity index (χ2n) is 17.5. The van der Waals surface area contributed by atoms with Crippen LogP contribution in [0.4, 0.5) is 9.80 Å². The predicted octanol–water partition coefficient (Wildman–Crippen LogP) is 6.74. The fourth-order valence-corrected chi connectivity index (χ4v) is 12.9. The van der Waals surface area contributed by atoms with E-state index in [-0.39, 0.29) is 36.6 Å². The number of nitrogens with zero attached hydrogens (tertiary/aromatic N) is 6. The minimum atomic E-state index is -3.70. The number of anilines is 1. The first-order chi connectivity index (χ1) is 30.4. The summed E-state index contributed by atoms with van der Waals surface area (Å²) in [6.45, 7) is 5.11. The molecule has 7 aromatic rings. The zero-order chi connectivity index (χ0) is 43.8. The molecule has 14 heteroatoms. The van der Waals surface area contributed by atoms with Gasteiger partial charge >= 0.3 is 0 Å². The molecule has 1 spiro atoms. The van der Waals surface area contributed by atoms with Crippen LogP contribution >= 0.6 is 0 Å². The third-order valence-corrected chi connectivity index (χ3v) is 15.8. The van der Waals surface area contributed by atoms with Gasteiger partial charge in [-0.05, 0) is 78.7 Å². The summed E-state index contributed by atoms with van der Waals surface area (Å²) < 4.78 is 26.6. The van der Waals surface area contributed by atoms with Crippen LogP contribution in [0.5, 0.6) is 0 Å². The van der Waals surface area contributed by atoms with E-state index < -0.39 is 43.5 Å². The number of aliphatic hydroxyl groups excluding tert-OH is 1. The number of hydrogen-bond acceptors (Lipinski definition) is 8. The Hall–Kier alpha value is -6.61. The third-order valence-electron chi connectivity index (χ3n) is 13.3. The second kappa shape index (κ2) is 15.3. The van der Waals surface area contributed by atoms with Crippen molar-refractivity contribution in [3.63, 3.8) is 0 Å². The van der Waals surface area contributed by atoms with Crippen LogP contribution in [0, 0.1) is 5.92 Å². The van der Waals surface area contributed by atoms with Crippen molar-refractivity contribution in [2.45, 2.75) is 69.2 Å². The Morgan fingerprint density at radius 3 is 2.08 bits per heavy atom. The van der Waals surface area contributed by atoms with Crippen molar-refractivity contribution in [1.82, 2.24) is 24.5 Å². The standard InChI is InChI=1S/C49H45FN6O6Si/c1-30-45(63(2,3)50)43(24-44(58)53-28-35-15-5-4-12-32(35)22-38(53)29-57)62-49(30)41-23-37(56-47(60)40-18-9-7-14-34(40)26-52-56)19-20-42(41)54(48(49)61)27-31-11-10-16-36(21-31)55-46(59)39-17-8-6-13-33(39)25-51-55/h4-21,23,25-26,30,38,43,45,57H,22,24,27-29H2,1-3H3/t30-,38-,43+,45-,49+/m0/s1. The number of benzene rings is 5. The number of halogens is 1. The molecule has 1 N–H and O–H groups in total. The van der Waals surface area contributed by atoms with E-state index in [4.69, 9.17) is 4.74 Å². The number of rotatable bonds is 8. The highest BCUT2D eigenvalue weighted by atomic mass is 28.4. The van der Waals surface area contributed by atoms with E-state index in [1.807, 2.05) is 67.6 Å². The first kappa shape index (κ1) is 40.5. The molecule has 1 saturated heterocycles. The Morgan fingerprint density at radius 2 is 1.43 bits per heavy atom. The normalized spacial score (nSPS) is 22.0. The first-order valence-corrected chi connectivity index (χ1v) is 24.2. The van der Waals surface area contributed by atoms with Crippen LogP contribution in [0.15, 0.2) is 137 Å². The van der Waals surface area contributed by atoms with Gasteiger partial charge in [-0.1, -0.05) is 79.7 Å². The van der Waals surface area contributed by atoms with Crippen LogP contribution in [-0.2, 0) is 39.4 Å². The maximum atomic E-state index is 17.0. The molecule has 2 amide bonds. The number of carbonyl (C=O) groups is 2. The van der Waals surface area contributed by atoms with Crippen molar-refractivity contribution in [2.75, 3.05) is 11.5 Å². The van der Waals surface area contributed by atoms with Gasteiger partial charge in [-0.3, -0.25) is 19.2 Å². The maximum absolute atomic E-state index is 17.0. The molecule has 5 aromatic carbocycles. The van der Waals surface area contributed by atoms with Crippen molar-refractivity contribution in [3.8, 4) is 11.4 Å². The minimum Gasteiger partial charge on any atom is -0.394 e. The highest BCUT2D eigenvalue weighted by Gasteiger charge is 2.67. The summed E-state index contributed by atoms with van der Waals surface area (Å²) in [5.41, 5.74) is 1.43. The quantitative estimate of drug-likeness (QED) is 0.131. The number of aliphatic hydroxyl groups is 1. The van der Waals surface area contributed by atoms with E-state index in [0.717, 1.165) is 16.5 Å². The first-order valence-electron chi connectivity index (χ1n) is 21.2. The SMILES string of the molecule is C[C@H]1[C@H]([Si](C)(C)F)[C@@H](CC(=O)N2Cc3ccccc3C[C@H]2CO)O[C@]12C(=O)N(Cc1cccc(-n3ncc4ccccc4c3=O)c1)c1ccc(-n3ncc4ccccc4c3=O)cc12. The highest BCUT2D eigenvalue weighted by Crippen LogP contribution is 2.60. The maximum Gasteiger partial charge on any atom is 0.279 e. The van der Waals surface area contributed by atoms with E-state index in [1.165, 1.54) is 9.36 Å². The summed E-state index contributed by atoms with van der Waals surface area (Å²) in [4.78, 5) is 60.7. The smallest absolute Gasteiger partial charge is 0.279 e. The molecule has 1 fully saturated rings. The van der Waals surface area contributed by atoms with Gasteiger partial charge in [0.05, 0.1) is 71.9 Å². The summed E-state index contributed by atoms with van der Waals surface area (Å²) >= 11 is 0. The monoisotopic (exact) mass is 860 g/mol. The van der Waals surface area contributed by atoms with Crippen molar-refractivity contribution < 1.29 is 23.5 Å². The van der Waals surface area contributed by atoms with E-state index in [1.54, 1.807) is 89.9 Å². The van der Waals surface area contributed by atoms with Crippen LogP contribution in [-0.4, -0.2) is 68.5 Å². The Labute approximate surface area is 363 Å². The van der Waals surface area contributed by atoms with Gasteiger partial charge < -0.3 is 23.8 Å². The molecule has 3 aliphatic rings. The lowest BCUT2D eigenvalue weighted by Gasteiger charge is -2.37. The molecular formula is C49H45FN6O6Si. The van der Waals surface area contributed by atoms with Crippen molar-refractivity contribution in [2.24, 2.45) is 5.92 Å². The third kappa shape index (κ3) is 6.62. The van der Waals surface area contributed by atoms with Gasteiger partial charge in [-0.2, -0.15) is 19.6 Å². The fourth-order valence-electron chi connectivity index (χ4n) is 10.4. The molecule has 10 rings (SSSR count). The van der Waals surface area contributed by atoms with Crippen LogP contribution in [0.25, 0.3) is 32.9 Å². The van der Waals surface area contributed by atoms with Crippen molar-refractivity contribution in [3.05, 3.63) is 171 Å². The Balaban J connectivity index is 1.06. The number of fused-ring (bicyclic) bond motifs is 5. The molecule has 63 heavy (non-hydrogen) atoms. The molecule has 0 bridgehead atoms. The number of aromatic nitrogens is 4. The lowest BCUT2D eigenvalue weighted by atomic mass is 9.82. The lowest BCUT2D eigenvalue weighted by molar-refractivity contribution is -0.151. The topological polar surface area (TPSA) is 140 Å². The molecule has 0 unspecified atom stereocenters. The van der Waals surface area contributed by atoms with E-state index in [2.05, 4.69) is 10.2 Å². The molecule has 5 atom stereocenters. The molecule has 2 aromatic heterocycles. The average molecular weight is 861 g/mol. The van der Waals surface area contributed by atoms with Gasteiger partial charge in [0.1, 0.15) is 0 Å². The van der Waals surface area contributed by atoms with Gasteiger partial charge in [0.25, 0.3) is 17.0 Å². The van der Waals surface area contributed by atoms with Crippen LogP contribution < -0.4 is 16.0 Å². The molecule has 0 radical (unpaired) electrons. The summed E-state index contributed by atoms with van der Waals surface area (Å²) in [5, 5.41) is 21.8. The van der Waals surface area contributed by atoms with Gasteiger partial charge in [0.15, 0.2) is 5.60 Å². The zero-order valence-electron chi connectivity index (χ0n) is 35.0. The average Bonchev–Trinajstić information content (AvgIpc) is 3.71. The van der Waals surface area contributed by atoms with Gasteiger partial charge in [-0.25, -0.2) is 0 Å². The molecule has 318 valence electrons.